The maximum Gasteiger partial charge on any atom is 0.249 e. The molecule has 0 unspecified atom stereocenters. The van der Waals surface area contributed by atoms with Crippen molar-refractivity contribution in [3.05, 3.63) is 59.7 Å². The fourth-order valence-corrected chi connectivity index (χ4v) is 3.46. The first-order valence-corrected chi connectivity index (χ1v) is 7.52. The number of benzene rings is 2. The quantitative estimate of drug-likeness (QED) is 0.829. The summed E-state index contributed by atoms with van der Waals surface area (Å²) in [6, 6.07) is 12.6. The average molecular weight is 290 g/mol. The van der Waals surface area contributed by atoms with Crippen LogP contribution in [-0.4, -0.2) is 14.3 Å². The standard InChI is InChI=1S/C14H14N2O3S/c15-12-7-3-4-8-13(12)20(18,19)9-10-5-1-2-6-11(10)14(16)17/h1-8H,9,15H2,(H2,16,17). The number of primary amides is 1. The molecule has 0 radical (unpaired) electrons. The SMILES string of the molecule is NC(=O)c1ccccc1CS(=O)(=O)c1ccccc1N. The van der Waals surface area contributed by atoms with Gasteiger partial charge in [0.25, 0.3) is 0 Å². The number of hydrogen-bond donors (Lipinski definition) is 2. The van der Waals surface area contributed by atoms with Crippen LogP contribution in [0.25, 0.3) is 0 Å². The lowest BCUT2D eigenvalue weighted by atomic mass is 10.1. The van der Waals surface area contributed by atoms with Crippen LogP contribution in [0.2, 0.25) is 0 Å². The maximum absolute atomic E-state index is 12.4. The normalized spacial score (nSPS) is 11.2. The van der Waals surface area contributed by atoms with E-state index in [1.807, 2.05) is 0 Å². The lowest BCUT2D eigenvalue weighted by molar-refractivity contribution is 0.0999. The van der Waals surface area contributed by atoms with Crippen LogP contribution in [0.3, 0.4) is 0 Å². The molecule has 104 valence electrons. The lowest BCUT2D eigenvalue weighted by Crippen LogP contribution is -2.16. The largest absolute Gasteiger partial charge is 0.398 e. The number of anilines is 1. The number of carbonyl (C=O) groups is 1. The van der Waals surface area contributed by atoms with Gasteiger partial charge in [0, 0.05) is 5.56 Å². The van der Waals surface area contributed by atoms with E-state index in [4.69, 9.17) is 11.5 Å². The molecule has 0 aliphatic carbocycles. The van der Waals surface area contributed by atoms with Gasteiger partial charge < -0.3 is 11.5 Å². The topological polar surface area (TPSA) is 103 Å². The fourth-order valence-electron chi connectivity index (χ4n) is 1.93. The van der Waals surface area contributed by atoms with Gasteiger partial charge in [-0.25, -0.2) is 8.42 Å². The van der Waals surface area contributed by atoms with Crippen molar-refractivity contribution in [2.24, 2.45) is 5.73 Å². The Bertz CT molecular complexity index is 755. The molecule has 0 atom stereocenters. The van der Waals surface area contributed by atoms with Gasteiger partial charge in [0.05, 0.1) is 16.3 Å². The zero-order valence-electron chi connectivity index (χ0n) is 10.6. The van der Waals surface area contributed by atoms with Crippen molar-refractivity contribution >= 4 is 21.4 Å². The Morgan fingerprint density at radius 2 is 1.60 bits per heavy atom. The molecule has 0 fully saturated rings. The van der Waals surface area contributed by atoms with Crippen molar-refractivity contribution in [2.75, 3.05) is 5.73 Å². The van der Waals surface area contributed by atoms with Crippen LogP contribution in [0.4, 0.5) is 5.69 Å². The summed E-state index contributed by atoms with van der Waals surface area (Å²) in [5.41, 5.74) is 11.7. The molecular formula is C14H14N2O3S. The van der Waals surface area contributed by atoms with E-state index in [-0.39, 0.29) is 21.9 Å². The van der Waals surface area contributed by atoms with Gasteiger partial charge in [0.2, 0.25) is 5.91 Å². The molecule has 6 heteroatoms. The molecule has 20 heavy (non-hydrogen) atoms. The molecule has 0 spiro atoms. The third-order valence-corrected chi connectivity index (χ3v) is 4.62. The van der Waals surface area contributed by atoms with Crippen molar-refractivity contribution in [3.8, 4) is 0 Å². The second-order valence-corrected chi connectivity index (χ2v) is 6.28. The third kappa shape index (κ3) is 2.80. The molecule has 0 saturated heterocycles. The van der Waals surface area contributed by atoms with E-state index in [1.54, 1.807) is 30.3 Å². The number of sulfone groups is 1. The maximum atomic E-state index is 12.4. The van der Waals surface area contributed by atoms with Crippen molar-refractivity contribution in [2.45, 2.75) is 10.6 Å². The van der Waals surface area contributed by atoms with E-state index in [9.17, 15) is 13.2 Å². The average Bonchev–Trinajstić information content (AvgIpc) is 2.39. The number of nitrogen functional groups attached to an aromatic ring is 1. The van der Waals surface area contributed by atoms with E-state index in [2.05, 4.69) is 0 Å². The van der Waals surface area contributed by atoms with E-state index < -0.39 is 15.7 Å². The molecule has 5 nitrogen and oxygen atoms in total. The summed E-state index contributed by atoms with van der Waals surface area (Å²) in [5, 5.41) is 0. The Labute approximate surface area is 117 Å². The van der Waals surface area contributed by atoms with Crippen LogP contribution in [0, 0.1) is 0 Å². The first-order valence-electron chi connectivity index (χ1n) is 5.87. The number of hydrogen-bond acceptors (Lipinski definition) is 4. The van der Waals surface area contributed by atoms with Crippen LogP contribution in [0.5, 0.6) is 0 Å². The van der Waals surface area contributed by atoms with Gasteiger partial charge in [0.15, 0.2) is 9.84 Å². The van der Waals surface area contributed by atoms with Gasteiger partial charge in [-0.15, -0.1) is 0 Å². The van der Waals surface area contributed by atoms with Crippen molar-refractivity contribution in [3.63, 3.8) is 0 Å². The molecule has 0 heterocycles. The second kappa shape index (κ2) is 5.34. The number of rotatable bonds is 4. The Balaban J connectivity index is 2.45. The van der Waals surface area contributed by atoms with Gasteiger partial charge in [-0.3, -0.25) is 4.79 Å². The van der Waals surface area contributed by atoms with Crippen LogP contribution in [0.1, 0.15) is 15.9 Å². The molecule has 0 saturated carbocycles. The Kier molecular flexibility index (Phi) is 3.76. The first kappa shape index (κ1) is 14.1. The van der Waals surface area contributed by atoms with Crippen molar-refractivity contribution in [1.82, 2.24) is 0 Å². The van der Waals surface area contributed by atoms with Crippen LogP contribution in [0.15, 0.2) is 53.4 Å². The summed E-state index contributed by atoms with van der Waals surface area (Å²) in [7, 11) is -3.63. The molecule has 0 aliphatic heterocycles. The number of carbonyl (C=O) groups excluding carboxylic acids is 1. The number of nitrogens with two attached hydrogens (primary N) is 2. The minimum atomic E-state index is -3.63. The van der Waals surface area contributed by atoms with E-state index >= 15 is 0 Å². The smallest absolute Gasteiger partial charge is 0.249 e. The van der Waals surface area contributed by atoms with Crippen LogP contribution >= 0.6 is 0 Å². The Morgan fingerprint density at radius 3 is 2.25 bits per heavy atom. The third-order valence-electron chi connectivity index (χ3n) is 2.88. The second-order valence-electron chi connectivity index (χ2n) is 4.32. The van der Waals surface area contributed by atoms with Gasteiger partial charge in [-0.2, -0.15) is 0 Å². The van der Waals surface area contributed by atoms with Crippen molar-refractivity contribution in [1.29, 1.82) is 0 Å². The summed E-state index contributed by atoms with van der Waals surface area (Å²) in [6.07, 6.45) is 0. The molecule has 0 aromatic heterocycles. The van der Waals surface area contributed by atoms with Crippen LogP contribution < -0.4 is 11.5 Å². The number of amides is 1. The Morgan fingerprint density at radius 1 is 1.00 bits per heavy atom. The van der Waals surface area contributed by atoms with Gasteiger partial charge in [-0.1, -0.05) is 30.3 Å². The summed E-state index contributed by atoms with van der Waals surface area (Å²) in [4.78, 5) is 11.4. The Hall–Kier alpha value is -2.34. The fraction of sp³-hybridized carbons (Fsp3) is 0.0714. The monoisotopic (exact) mass is 290 g/mol. The molecule has 2 rings (SSSR count). The summed E-state index contributed by atoms with van der Waals surface area (Å²) in [6.45, 7) is 0. The highest BCUT2D eigenvalue weighted by atomic mass is 32.2. The zero-order chi connectivity index (χ0) is 14.8. The molecule has 4 N–H and O–H groups in total. The highest BCUT2D eigenvalue weighted by Crippen LogP contribution is 2.23. The highest BCUT2D eigenvalue weighted by molar-refractivity contribution is 7.90. The summed E-state index contributed by atoms with van der Waals surface area (Å²) in [5.74, 6) is -0.975. The molecule has 0 aliphatic rings. The summed E-state index contributed by atoms with van der Waals surface area (Å²) >= 11 is 0. The number of para-hydroxylation sites is 1. The summed E-state index contributed by atoms with van der Waals surface area (Å²) < 4.78 is 24.7. The van der Waals surface area contributed by atoms with E-state index in [1.165, 1.54) is 18.2 Å². The highest BCUT2D eigenvalue weighted by Gasteiger charge is 2.20. The van der Waals surface area contributed by atoms with Crippen LogP contribution in [-0.2, 0) is 15.6 Å². The predicted molar refractivity (Wildman–Crippen MR) is 76.7 cm³/mol. The van der Waals surface area contributed by atoms with E-state index in [0.29, 0.717) is 5.56 Å². The van der Waals surface area contributed by atoms with Crippen molar-refractivity contribution < 1.29 is 13.2 Å². The predicted octanol–water partition coefficient (Wildman–Crippen LogP) is 1.34. The lowest BCUT2D eigenvalue weighted by Gasteiger charge is -2.09. The molecule has 1 amide bonds. The molecule has 2 aromatic carbocycles. The molecule has 0 bridgehead atoms. The van der Waals surface area contributed by atoms with Gasteiger partial charge in [-0.05, 0) is 23.8 Å². The van der Waals surface area contributed by atoms with Gasteiger partial charge in [0.1, 0.15) is 0 Å². The van der Waals surface area contributed by atoms with E-state index in [0.717, 1.165) is 0 Å². The minimum absolute atomic E-state index is 0.0549. The minimum Gasteiger partial charge on any atom is -0.398 e. The van der Waals surface area contributed by atoms with Gasteiger partial charge >= 0.3 is 0 Å². The zero-order valence-corrected chi connectivity index (χ0v) is 11.4. The molecule has 2 aromatic rings. The first-order chi connectivity index (χ1) is 9.42. The molecular weight excluding hydrogens is 276 g/mol.